The van der Waals surface area contributed by atoms with Gasteiger partial charge in [0.05, 0.1) is 12.7 Å². The van der Waals surface area contributed by atoms with E-state index in [1.165, 1.54) is 13.2 Å². The third kappa shape index (κ3) is 1.58. The van der Waals surface area contributed by atoms with E-state index in [9.17, 15) is 4.79 Å². The predicted octanol–water partition coefficient (Wildman–Crippen LogP) is 2.06. The Morgan fingerprint density at radius 3 is 2.92 bits per heavy atom. The minimum atomic E-state index is -0.469. The van der Waals surface area contributed by atoms with Crippen LogP contribution in [0.4, 0.5) is 0 Å². The molecule has 1 rings (SSSR count). The van der Waals surface area contributed by atoms with Crippen LogP contribution in [-0.4, -0.2) is 13.1 Å². The molecule has 0 bridgehead atoms. The van der Waals surface area contributed by atoms with Crippen molar-refractivity contribution < 1.29 is 9.53 Å². The lowest BCUT2D eigenvalue weighted by Gasteiger charge is -1.90. The first-order valence-corrected chi connectivity index (χ1v) is 4.16. The van der Waals surface area contributed by atoms with Crippen molar-refractivity contribution in [1.82, 2.24) is 0 Å². The first-order chi connectivity index (χ1) is 5.69. The third-order valence-electron chi connectivity index (χ3n) is 1.19. The summed E-state index contributed by atoms with van der Waals surface area (Å²) in [5.41, 5.74) is 0.307. The summed E-state index contributed by atoms with van der Waals surface area (Å²) in [6.45, 7) is 0. The van der Waals surface area contributed by atoms with E-state index in [-0.39, 0.29) is 0 Å². The average molecular weight is 202 g/mol. The summed E-state index contributed by atoms with van der Waals surface area (Å²) in [7, 11) is 1.28. The lowest BCUT2D eigenvalue weighted by atomic mass is 10.3. The van der Waals surface area contributed by atoms with Gasteiger partial charge in [0, 0.05) is 0 Å². The van der Waals surface area contributed by atoms with Gasteiger partial charge in [0.2, 0.25) is 0 Å². The number of hydrogen-bond donors (Lipinski definition) is 0. The number of carbonyl (C=O) groups excluding carboxylic acids is 1. The molecule has 12 heavy (non-hydrogen) atoms. The lowest BCUT2D eigenvalue weighted by molar-refractivity contribution is 0.0606. The number of methoxy groups -OCH3 is 1. The van der Waals surface area contributed by atoms with Crippen LogP contribution in [0.5, 0.6) is 0 Å². The molecule has 1 heterocycles. The van der Waals surface area contributed by atoms with Gasteiger partial charge in [0.15, 0.2) is 0 Å². The molecule has 5 heteroatoms. The maximum Gasteiger partial charge on any atom is 0.348 e. The standard InChI is InChI=1S/C7H4ClNO2S/c1-11-7(10)5-2-4(3-9)6(8)12-5/h2H,1H3. The number of carbonyl (C=O) groups is 1. The highest BCUT2D eigenvalue weighted by Crippen LogP contribution is 2.27. The van der Waals surface area contributed by atoms with Gasteiger partial charge < -0.3 is 4.74 Å². The minimum Gasteiger partial charge on any atom is -0.465 e. The van der Waals surface area contributed by atoms with E-state index in [1.54, 1.807) is 0 Å². The molecule has 0 unspecified atom stereocenters. The molecule has 0 saturated carbocycles. The van der Waals surface area contributed by atoms with E-state index in [2.05, 4.69) is 4.74 Å². The van der Waals surface area contributed by atoms with Crippen LogP contribution in [0.15, 0.2) is 6.07 Å². The molecule has 0 aliphatic rings. The molecule has 0 aliphatic heterocycles. The average Bonchev–Trinajstić information content (AvgIpc) is 2.45. The summed E-state index contributed by atoms with van der Waals surface area (Å²) >= 11 is 6.67. The molecule has 3 nitrogen and oxygen atoms in total. The highest BCUT2D eigenvalue weighted by Gasteiger charge is 2.12. The van der Waals surface area contributed by atoms with Crippen LogP contribution in [-0.2, 0) is 4.74 Å². The Morgan fingerprint density at radius 2 is 2.50 bits per heavy atom. The van der Waals surface area contributed by atoms with Crippen molar-refractivity contribution in [3.05, 3.63) is 20.8 Å². The summed E-state index contributed by atoms with van der Waals surface area (Å²) in [5.74, 6) is -0.469. The Hall–Kier alpha value is -1.05. The van der Waals surface area contributed by atoms with Crippen molar-refractivity contribution >= 4 is 28.9 Å². The molecule has 0 atom stereocenters. The summed E-state index contributed by atoms with van der Waals surface area (Å²) in [6, 6.07) is 3.28. The molecule has 0 N–H and O–H groups in total. The zero-order valence-electron chi connectivity index (χ0n) is 6.13. The predicted molar refractivity (Wildman–Crippen MR) is 45.4 cm³/mol. The van der Waals surface area contributed by atoms with Crippen LogP contribution in [0, 0.1) is 11.3 Å². The molecular formula is C7H4ClNO2S. The summed E-state index contributed by atoms with van der Waals surface area (Å²) in [6.07, 6.45) is 0. The van der Waals surface area contributed by atoms with Gasteiger partial charge in [0.1, 0.15) is 15.3 Å². The zero-order valence-corrected chi connectivity index (χ0v) is 7.70. The molecule has 62 valence electrons. The second-order valence-corrected chi connectivity index (χ2v) is 3.56. The number of rotatable bonds is 1. The van der Waals surface area contributed by atoms with Crippen molar-refractivity contribution in [2.75, 3.05) is 7.11 Å². The molecule has 0 spiro atoms. The monoisotopic (exact) mass is 201 g/mol. The SMILES string of the molecule is COC(=O)c1cc(C#N)c(Cl)s1. The topological polar surface area (TPSA) is 50.1 Å². The van der Waals surface area contributed by atoms with Crippen LogP contribution < -0.4 is 0 Å². The van der Waals surface area contributed by atoms with Crippen molar-refractivity contribution in [1.29, 1.82) is 5.26 Å². The van der Waals surface area contributed by atoms with E-state index >= 15 is 0 Å². The number of esters is 1. The van der Waals surface area contributed by atoms with Crippen molar-refractivity contribution in [2.24, 2.45) is 0 Å². The Morgan fingerprint density at radius 1 is 1.83 bits per heavy atom. The number of thiophene rings is 1. The van der Waals surface area contributed by atoms with Gasteiger partial charge in [-0.15, -0.1) is 11.3 Å². The molecule has 0 fully saturated rings. The van der Waals surface area contributed by atoms with Gasteiger partial charge in [-0.2, -0.15) is 5.26 Å². The Kier molecular flexibility index (Phi) is 2.69. The number of nitriles is 1. The van der Waals surface area contributed by atoms with Gasteiger partial charge in [-0.3, -0.25) is 0 Å². The molecule has 0 radical (unpaired) electrons. The van der Waals surface area contributed by atoms with Gasteiger partial charge in [-0.25, -0.2) is 4.79 Å². The summed E-state index contributed by atoms with van der Waals surface area (Å²) < 4.78 is 4.77. The smallest absolute Gasteiger partial charge is 0.348 e. The fraction of sp³-hybridized carbons (Fsp3) is 0.143. The second kappa shape index (κ2) is 3.57. The van der Waals surface area contributed by atoms with E-state index < -0.39 is 5.97 Å². The highest BCUT2D eigenvalue weighted by molar-refractivity contribution is 7.18. The van der Waals surface area contributed by atoms with Crippen molar-refractivity contribution in [3.8, 4) is 6.07 Å². The molecule has 1 aromatic heterocycles. The van der Waals surface area contributed by atoms with Crippen LogP contribution in [0.3, 0.4) is 0 Å². The number of nitrogens with zero attached hydrogens (tertiary/aromatic N) is 1. The van der Waals surface area contributed by atoms with Gasteiger partial charge >= 0.3 is 5.97 Å². The Bertz CT molecular complexity index is 353. The second-order valence-electron chi connectivity index (χ2n) is 1.90. The largest absolute Gasteiger partial charge is 0.465 e. The van der Waals surface area contributed by atoms with E-state index in [0.717, 1.165) is 11.3 Å². The van der Waals surface area contributed by atoms with Crippen molar-refractivity contribution in [3.63, 3.8) is 0 Å². The Balaban J connectivity index is 3.07. The summed E-state index contributed by atoms with van der Waals surface area (Å²) in [5, 5.41) is 8.51. The quantitative estimate of drug-likeness (QED) is 0.654. The maximum absolute atomic E-state index is 10.9. The fourth-order valence-corrected chi connectivity index (χ4v) is 1.74. The molecule has 0 amide bonds. The number of halogens is 1. The van der Waals surface area contributed by atoms with E-state index in [4.69, 9.17) is 16.9 Å². The number of hydrogen-bond acceptors (Lipinski definition) is 4. The lowest BCUT2D eigenvalue weighted by Crippen LogP contribution is -1.96. The number of ether oxygens (including phenoxy) is 1. The van der Waals surface area contributed by atoms with Crippen LogP contribution in [0.2, 0.25) is 4.34 Å². The zero-order chi connectivity index (χ0) is 9.14. The van der Waals surface area contributed by atoms with E-state index in [1.807, 2.05) is 6.07 Å². The maximum atomic E-state index is 10.9. The van der Waals surface area contributed by atoms with Crippen molar-refractivity contribution in [2.45, 2.75) is 0 Å². The minimum absolute atomic E-state index is 0.307. The molecule has 0 aromatic carbocycles. The molecule has 0 saturated heterocycles. The Labute approximate surface area is 78.1 Å². The highest BCUT2D eigenvalue weighted by atomic mass is 35.5. The first kappa shape index (κ1) is 9.04. The van der Waals surface area contributed by atoms with Gasteiger partial charge in [-0.1, -0.05) is 11.6 Å². The van der Waals surface area contributed by atoms with E-state index in [0.29, 0.717) is 14.8 Å². The van der Waals surface area contributed by atoms with Gasteiger partial charge in [0.25, 0.3) is 0 Å². The summed E-state index contributed by atoms with van der Waals surface area (Å²) in [4.78, 5) is 11.3. The first-order valence-electron chi connectivity index (χ1n) is 2.96. The third-order valence-corrected chi connectivity index (χ3v) is 2.53. The van der Waals surface area contributed by atoms with Crippen LogP contribution >= 0.6 is 22.9 Å². The van der Waals surface area contributed by atoms with Gasteiger partial charge in [-0.05, 0) is 6.07 Å². The molecule has 0 aliphatic carbocycles. The molecule has 1 aromatic rings. The van der Waals surface area contributed by atoms with Crippen LogP contribution in [0.25, 0.3) is 0 Å². The molecular weight excluding hydrogens is 198 g/mol. The normalized spacial score (nSPS) is 9.08. The van der Waals surface area contributed by atoms with Crippen LogP contribution in [0.1, 0.15) is 15.2 Å². The fourth-order valence-electron chi connectivity index (χ4n) is 0.646.